The summed E-state index contributed by atoms with van der Waals surface area (Å²) in [5, 5.41) is 12.9. The summed E-state index contributed by atoms with van der Waals surface area (Å²) in [5.74, 6) is -2.82. The summed E-state index contributed by atoms with van der Waals surface area (Å²) in [6.07, 6.45) is 4.24. The molecular weight excluding hydrogens is 354 g/mol. The Hall–Kier alpha value is -1.24. The molecule has 5 aliphatic rings. The molecule has 4 aliphatic carbocycles. The van der Waals surface area contributed by atoms with E-state index in [2.05, 4.69) is 5.32 Å². The first-order valence-corrected chi connectivity index (χ1v) is 10.2. The van der Waals surface area contributed by atoms with Crippen molar-refractivity contribution in [2.45, 2.75) is 76.3 Å². The molecule has 0 aromatic carbocycles. The Morgan fingerprint density at radius 3 is 2.33 bits per heavy atom. The van der Waals surface area contributed by atoms with Gasteiger partial charge in [-0.3, -0.25) is 14.5 Å². The lowest BCUT2D eigenvalue weighted by Crippen LogP contribution is -2.65. The molecule has 2 N–H and O–H groups in total. The average Bonchev–Trinajstić information content (AvgIpc) is 2.56. The summed E-state index contributed by atoms with van der Waals surface area (Å²) in [7, 11) is 0. The third-order valence-corrected chi connectivity index (χ3v) is 7.76. The fourth-order valence-corrected chi connectivity index (χ4v) is 6.44. The number of nitrogens with one attached hydrogen (secondary N) is 1. The molecule has 0 radical (unpaired) electrons. The molecule has 1 amide bonds. The van der Waals surface area contributed by atoms with E-state index in [0.29, 0.717) is 31.7 Å². The summed E-state index contributed by atoms with van der Waals surface area (Å²) in [6, 6.07) is -0.0221. The van der Waals surface area contributed by atoms with E-state index in [1.807, 2.05) is 0 Å². The van der Waals surface area contributed by atoms with Crippen molar-refractivity contribution in [3.63, 3.8) is 0 Å². The molecule has 5 nitrogen and oxygen atoms in total. The number of carbonyl (C=O) groups excluding carboxylic acids is 1. The van der Waals surface area contributed by atoms with Gasteiger partial charge in [-0.2, -0.15) is 0 Å². The highest BCUT2D eigenvalue weighted by Crippen LogP contribution is 2.60. The van der Waals surface area contributed by atoms with E-state index in [-0.39, 0.29) is 36.8 Å². The van der Waals surface area contributed by atoms with Gasteiger partial charge in [0.05, 0.1) is 17.5 Å². The first-order chi connectivity index (χ1) is 12.5. The quantitative estimate of drug-likeness (QED) is 0.782. The van der Waals surface area contributed by atoms with Crippen LogP contribution in [0.4, 0.5) is 8.78 Å². The summed E-state index contributed by atoms with van der Waals surface area (Å²) in [6.45, 7) is 3.56. The van der Waals surface area contributed by atoms with Crippen molar-refractivity contribution in [3.8, 4) is 0 Å². The van der Waals surface area contributed by atoms with Gasteiger partial charge >= 0.3 is 5.97 Å². The SMILES string of the molecule is CC(C)(C(=O)NC1C2CC3CC1CC(C(=O)O)(C3)C2)N1CCCC(F)(F)C1. The molecule has 1 saturated heterocycles. The minimum atomic E-state index is -2.74. The van der Waals surface area contributed by atoms with Crippen LogP contribution in [0, 0.1) is 23.2 Å². The van der Waals surface area contributed by atoms with Crippen molar-refractivity contribution in [2.75, 3.05) is 13.1 Å². The molecule has 0 spiro atoms. The zero-order valence-corrected chi connectivity index (χ0v) is 16.1. The van der Waals surface area contributed by atoms with Crippen molar-refractivity contribution in [3.05, 3.63) is 0 Å². The predicted octanol–water partition coefficient (Wildman–Crippen LogP) is 2.89. The molecule has 5 rings (SSSR count). The zero-order valence-electron chi connectivity index (χ0n) is 16.1. The number of hydrogen-bond acceptors (Lipinski definition) is 3. The number of hydrogen-bond donors (Lipinski definition) is 2. The van der Waals surface area contributed by atoms with Gasteiger partial charge in [-0.05, 0) is 76.7 Å². The van der Waals surface area contributed by atoms with E-state index < -0.39 is 22.8 Å². The van der Waals surface area contributed by atoms with Crippen LogP contribution in [-0.2, 0) is 9.59 Å². The third-order valence-electron chi connectivity index (χ3n) is 7.76. The maximum Gasteiger partial charge on any atom is 0.309 e. The highest BCUT2D eigenvalue weighted by molar-refractivity contribution is 5.86. The molecule has 0 aromatic heterocycles. The van der Waals surface area contributed by atoms with Gasteiger partial charge in [0.25, 0.3) is 5.92 Å². The van der Waals surface area contributed by atoms with Crippen molar-refractivity contribution >= 4 is 11.9 Å². The summed E-state index contributed by atoms with van der Waals surface area (Å²) in [5.41, 5.74) is -1.61. The van der Waals surface area contributed by atoms with Crippen molar-refractivity contribution in [2.24, 2.45) is 23.2 Å². The molecule has 5 fully saturated rings. The van der Waals surface area contributed by atoms with Crippen molar-refractivity contribution in [1.29, 1.82) is 0 Å². The van der Waals surface area contributed by atoms with E-state index in [9.17, 15) is 23.5 Å². The minimum absolute atomic E-state index is 0.0221. The number of aliphatic carboxylic acids is 1. The summed E-state index contributed by atoms with van der Waals surface area (Å²) in [4.78, 5) is 26.5. The molecule has 4 saturated carbocycles. The third kappa shape index (κ3) is 3.15. The number of alkyl halides is 2. The lowest BCUT2D eigenvalue weighted by Gasteiger charge is -2.58. The van der Waals surface area contributed by atoms with Gasteiger partial charge in [0.1, 0.15) is 0 Å². The molecule has 7 heteroatoms. The van der Waals surface area contributed by atoms with Gasteiger partial charge in [0.2, 0.25) is 5.91 Å². The van der Waals surface area contributed by atoms with Crippen LogP contribution in [0.1, 0.15) is 58.8 Å². The molecular formula is C20H30F2N2O3. The first kappa shape index (κ1) is 19.1. The topological polar surface area (TPSA) is 69.6 Å². The molecule has 27 heavy (non-hydrogen) atoms. The number of amides is 1. The van der Waals surface area contributed by atoms with Gasteiger partial charge < -0.3 is 10.4 Å². The number of carbonyl (C=O) groups is 2. The zero-order chi connectivity index (χ0) is 19.6. The van der Waals surface area contributed by atoms with Crippen LogP contribution >= 0.6 is 0 Å². The molecule has 2 atom stereocenters. The minimum Gasteiger partial charge on any atom is -0.481 e. The van der Waals surface area contributed by atoms with Crippen LogP contribution in [0.5, 0.6) is 0 Å². The first-order valence-electron chi connectivity index (χ1n) is 10.2. The van der Waals surface area contributed by atoms with Crippen LogP contribution in [0.2, 0.25) is 0 Å². The second kappa shape index (κ2) is 6.13. The normalized spacial score (nSPS) is 40.7. The van der Waals surface area contributed by atoms with Crippen LogP contribution in [0.15, 0.2) is 0 Å². The van der Waals surface area contributed by atoms with Crippen LogP contribution in [0.3, 0.4) is 0 Å². The Balaban J connectivity index is 1.46. The Bertz CT molecular complexity index is 635. The number of piperidine rings is 1. The highest BCUT2D eigenvalue weighted by atomic mass is 19.3. The Morgan fingerprint density at radius 2 is 1.78 bits per heavy atom. The van der Waals surface area contributed by atoms with E-state index in [0.717, 1.165) is 19.3 Å². The molecule has 1 aliphatic heterocycles. The Labute approximate surface area is 158 Å². The molecule has 0 aromatic rings. The smallest absolute Gasteiger partial charge is 0.309 e. The molecule has 1 heterocycles. The molecule has 2 unspecified atom stereocenters. The Kier molecular flexibility index (Phi) is 4.33. The number of rotatable bonds is 4. The lowest BCUT2D eigenvalue weighted by atomic mass is 9.48. The lowest BCUT2D eigenvalue weighted by molar-refractivity contribution is -0.168. The molecule has 152 valence electrons. The average molecular weight is 384 g/mol. The fraction of sp³-hybridized carbons (Fsp3) is 0.900. The van der Waals surface area contributed by atoms with Crippen LogP contribution in [0.25, 0.3) is 0 Å². The van der Waals surface area contributed by atoms with Crippen LogP contribution in [-0.4, -0.2) is 52.5 Å². The van der Waals surface area contributed by atoms with Gasteiger partial charge in [0.15, 0.2) is 0 Å². The standard InChI is InChI=1S/C20H30F2N2O3/c1-18(2,24-5-3-4-20(21,22)11-24)16(25)23-15-13-6-12-7-14(15)10-19(8-12,9-13)17(26)27/h12-15H,3-11H2,1-2H3,(H,23,25)(H,26,27). The van der Waals surface area contributed by atoms with E-state index >= 15 is 0 Å². The number of nitrogens with zero attached hydrogens (tertiary/aromatic N) is 1. The number of carboxylic acids is 1. The fourth-order valence-electron chi connectivity index (χ4n) is 6.44. The maximum atomic E-state index is 13.8. The van der Waals surface area contributed by atoms with Gasteiger partial charge in [0, 0.05) is 12.5 Å². The number of likely N-dealkylation sites (tertiary alicyclic amines) is 1. The number of carboxylic acid groups (broad SMARTS) is 1. The van der Waals surface area contributed by atoms with Crippen molar-refractivity contribution in [1.82, 2.24) is 10.2 Å². The second-order valence-electron chi connectivity index (χ2n) is 9.99. The van der Waals surface area contributed by atoms with Crippen LogP contribution < -0.4 is 5.32 Å². The Morgan fingerprint density at radius 1 is 1.15 bits per heavy atom. The largest absolute Gasteiger partial charge is 0.481 e. The number of halogens is 2. The van der Waals surface area contributed by atoms with Crippen molar-refractivity contribution < 1.29 is 23.5 Å². The van der Waals surface area contributed by atoms with Gasteiger partial charge in [-0.15, -0.1) is 0 Å². The molecule has 4 bridgehead atoms. The van der Waals surface area contributed by atoms with Gasteiger partial charge in [-0.25, -0.2) is 8.78 Å². The monoisotopic (exact) mass is 384 g/mol. The summed E-state index contributed by atoms with van der Waals surface area (Å²) < 4.78 is 27.7. The maximum absolute atomic E-state index is 13.8. The predicted molar refractivity (Wildman–Crippen MR) is 95.4 cm³/mol. The summed E-state index contributed by atoms with van der Waals surface area (Å²) >= 11 is 0. The van der Waals surface area contributed by atoms with E-state index in [1.165, 1.54) is 0 Å². The highest BCUT2D eigenvalue weighted by Gasteiger charge is 2.59. The second-order valence-corrected chi connectivity index (χ2v) is 9.99. The van der Waals surface area contributed by atoms with E-state index in [4.69, 9.17) is 0 Å². The van der Waals surface area contributed by atoms with Gasteiger partial charge in [-0.1, -0.05) is 0 Å². The van der Waals surface area contributed by atoms with E-state index in [1.54, 1.807) is 18.7 Å².